The van der Waals surface area contributed by atoms with Crippen molar-refractivity contribution in [3.05, 3.63) is 72.6 Å². The lowest BCUT2D eigenvalue weighted by atomic mass is 10.3. The number of rotatable bonds is 6. The highest BCUT2D eigenvalue weighted by Crippen LogP contribution is 2.24. The van der Waals surface area contributed by atoms with Crippen molar-refractivity contribution in [2.24, 2.45) is 0 Å². The van der Waals surface area contributed by atoms with Gasteiger partial charge in [0.05, 0.1) is 22.8 Å². The Morgan fingerprint density at radius 3 is 2.48 bits per heavy atom. The van der Waals surface area contributed by atoms with Gasteiger partial charge in [-0.25, -0.2) is 17.8 Å². The molecule has 0 aliphatic rings. The van der Waals surface area contributed by atoms with Crippen molar-refractivity contribution in [2.45, 2.75) is 17.8 Å². The van der Waals surface area contributed by atoms with Crippen molar-refractivity contribution in [1.82, 2.24) is 14.5 Å². The van der Waals surface area contributed by atoms with E-state index in [2.05, 4.69) is 14.6 Å². The van der Waals surface area contributed by atoms with Gasteiger partial charge in [0, 0.05) is 12.3 Å². The molecular formula is C17H14F3N3O3S. The van der Waals surface area contributed by atoms with Crippen molar-refractivity contribution in [3.8, 4) is 11.4 Å². The summed E-state index contributed by atoms with van der Waals surface area (Å²) < 4.78 is 69.1. The Kier molecular flexibility index (Phi) is 5.19. The van der Waals surface area contributed by atoms with E-state index in [0.29, 0.717) is 5.69 Å². The number of nitrogens with one attached hydrogen (secondary N) is 1. The molecule has 0 fully saturated rings. The highest BCUT2D eigenvalue weighted by Gasteiger charge is 2.31. The molecule has 6 nitrogen and oxygen atoms in total. The van der Waals surface area contributed by atoms with Crippen LogP contribution in [-0.2, 0) is 16.6 Å². The van der Waals surface area contributed by atoms with E-state index in [4.69, 9.17) is 0 Å². The number of hydrogen-bond donors (Lipinski definition) is 1. The third-order valence-corrected chi connectivity index (χ3v) is 4.86. The van der Waals surface area contributed by atoms with E-state index in [-0.39, 0.29) is 11.4 Å². The predicted molar refractivity (Wildman–Crippen MR) is 90.7 cm³/mol. The normalized spacial score (nSPS) is 12.1. The predicted octanol–water partition coefficient (Wildman–Crippen LogP) is 3.25. The van der Waals surface area contributed by atoms with Crippen molar-refractivity contribution >= 4 is 10.0 Å². The van der Waals surface area contributed by atoms with Gasteiger partial charge in [-0.2, -0.15) is 5.10 Å². The molecule has 2 aromatic carbocycles. The first-order valence-electron chi connectivity index (χ1n) is 7.68. The first-order chi connectivity index (χ1) is 12.7. The number of hydrogen-bond acceptors (Lipinski definition) is 4. The van der Waals surface area contributed by atoms with Gasteiger partial charge in [-0.15, -0.1) is 13.2 Å². The Hall–Kier alpha value is -2.85. The summed E-state index contributed by atoms with van der Waals surface area (Å²) >= 11 is 0. The summed E-state index contributed by atoms with van der Waals surface area (Å²) in [6.45, 7) is -0.119. The van der Waals surface area contributed by atoms with Gasteiger partial charge in [-0.1, -0.05) is 24.3 Å². The van der Waals surface area contributed by atoms with Gasteiger partial charge in [0.15, 0.2) is 0 Å². The average Bonchev–Trinajstić information content (AvgIpc) is 3.09. The lowest BCUT2D eigenvalue weighted by molar-refractivity contribution is -0.274. The molecule has 142 valence electrons. The van der Waals surface area contributed by atoms with Gasteiger partial charge < -0.3 is 4.74 Å². The molecule has 1 N–H and O–H groups in total. The van der Waals surface area contributed by atoms with Crippen LogP contribution >= 0.6 is 0 Å². The number of benzene rings is 2. The third-order valence-electron chi connectivity index (χ3n) is 3.46. The highest BCUT2D eigenvalue weighted by atomic mass is 32.2. The molecule has 3 rings (SSSR count). The van der Waals surface area contributed by atoms with Gasteiger partial charge in [0.2, 0.25) is 10.0 Å². The number of sulfonamides is 1. The van der Waals surface area contributed by atoms with Crippen LogP contribution in [0.5, 0.6) is 5.75 Å². The van der Waals surface area contributed by atoms with Crippen molar-refractivity contribution in [2.75, 3.05) is 0 Å². The standard InChI is InChI=1S/C17H14F3N3O3S/c18-17(19,20)26-15-7-4-8-16(11-15)27(24,25)21-12-13-9-10-23(22-13)14-5-2-1-3-6-14/h1-11,21H,12H2. The van der Waals surface area contributed by atoms with Crippen LogP contribution in [0.3, 0.4) is 0 Å². The van der Waals surface area contributed by atoms with Crippen molar-refractivity contribution in [3.63, 3.8) is 0 Å². The van der Waals surface area contributed by atoms with Gasteiger partial charge in [-0.3, -0.25) is 0 Å². The van der Waals surface area contributed by atoms with Crippen LogP contribution < -0.4 is 9.46 Å². The fraction of sp³-hybridized carbons (Fsp3) is 0.118. The van der Waals surface area contributed by atoms with E-state index < -0.39 is 22.1 Å². The summed E-state index contributed by atoms with van der Waals surface area (Å²) in [4.78, 5) is -0.341. The Morgan fingerprint density at radius 1 is 1.04 bits per heavy atom. The number of halogens is 3. The molecule has 0 unspecified atom stereocenters. The number of nitrogens with zero attached hydrogens (tertiary/aromatic N) is 2. The number of ether oxygens (including phenoxy) is 1. The maximum atomic E-state index is 12.3. The minimum Gasteiger partial charge on any atom is -0.406 e. The monoisotopic (exact) mass is 397 g/mol. The molecule has 10 heteroatoms. The van der Waals surface area contributed by atoms with E-state index >= 15 is 0 Å². The molecule has 0 spiro atoms. The zero-order valence-corrected chi connectivity index (χ0v) is 14.5. The van der Waals surface area contributed by atoms with Gasteiger partial charge >= 0.3 is 6.36 Å². The third kappa shape index (κ3) is 5.08. The lowest BCUT2D eigenvalue weighted by Gasteiger charge is -2.10. The van der Waals surface area contributed by atoms with Crippen LogP contribution in [0.25, 0.3) is 5.69 Å². The molecule has 1 aromatic heterocycles. The van der Waals surface area contributed by atoms with Crippen LogP contribution in [0, 0.1) is 0 Å². The quantitative estimate of drug-likeness (QED) is 0.693. The Bertz CT molecular complexity index is 1020. The van der Waals surface area contributed by atoms with E-state index in [1.54, 1.807) is 16.9 Å². The maximum Gasteiger partial charge on any atom is 0.573 e. The SMILES string of the molecule is O=S(=O)(NCc1ccn(-c2ccccc2)n1)c1cccc(OC(F)(F)F)c1. The number of para-hydroxylation sites is 1. The van der Waals surface area contributed by atoms with Crippen molar-refractivity contribution < 1.29 is 26.3 Å². The first kappa shape index (κ1) is 18.9. The Balaban J connectivity index is 1.71. The molecule has 0 saturated carbocycles. The maximum absolute atomic E-state index is 12.3. The van der Waals surface area contributed by atoms with Crippen molar-refractivity contribution in [1.29, 1.82) is 0 Å². The zero-order chi connectivity index (χ0) is 19.5. The highest BCUT2D eigenvalue weighted by molar-refractivity contribution is 7.89. The fourth-order valence-corrected chi connectivity index (χ4v) is 3.30. The van der Waals surface area contributed by atoms with E-state index in [1.807, 2.05) is 30.3 Å². The van der Waals surface area contributed by atoms with Crippen LogP contribution in [0.2, 0.25) is 0 Å². The van der Waals surface area contributed by atoms with E-state index in [1.165, 1.54) is 12.1 Å². The van der Waals surface area contributed by atoms with Crippen LogP contribution in [0.4, 0.5) is 13.2 Å². The van der Waals surface area contributed by atoms with Gasteiger partial charge in [-0.05, 0) is 30.3 Å². The van der Waals surface area contributed by atoms with Crippen LogP contribution in [0.15, 0.2) is 71.8 Å². The molecule has 0 aliphatic heterocycles. The van der Waals surface area contributed by atoms with Gasteiger partial charge in [0.1, 0.15) is 5.75 Å². The van der Waals surface area contributed by atoms with Gasteiger partial charge in [0.25, 0.3) is 0 Å². The molecule has 3 aromatic rings. The average molecular weight is 397 g/mol. The second-order valence-corrected chi connectivity index (χ2v) is 7.20. The largest absolute Gasteiger partial charge is 0.573 e. The summed E-state index contributed by atoms with van der Waals surface area (Å²) in [5, 5.41) is 4.26. The Morgan fingerprint density at radius 2 is 1.78 bits per heavy atom. The smallest absolute Gasteiger partial charge is 0.406 e. The van der Waals surface area contributed by atoms with Crippen LogP contribution in [0.1, 0.15) is 5.69 Å². The first-order valence-corrected chi connectivity index (χ1v) is 9.17. The minimum absolute atomic E-state index is 0.119. The second kappa shape index (κ2) is 7.41. The molecule has 0 bridgehead atoms. The lowest BCUT2D eigenvalue weighted by Crippen LogP contribution is -2.24. The molecule has 0 aliphatic carbocycles. The summed E-state index contributed by atoms with van der Waals surface area (Å²) in [5.41, 5.74) is 1.26. The summed E-state index contributed by atoms with van der Waals surface area (Å²) in [5.74, 6) is -0.612. The summed E-state index contributed by atoms with van der Waals surface area (Å²) in [6, 6.07) is 15.0. The Labute approximate surface area is 153 Å². The molecule has 0 atom stereocenters. The minimum atomic E-state index is -4.90. The molecule has 1 heterocycles. The molecule has 0 amide bonds. The molecule has 27 heavy (non-hydrogen) atoms. The topological polar surface area (TPSA) is 73.2 Å². The molecule has 0 radical (unpaired) electrons. The van der Waals surface area contributed by atoms with E-state index in [0.717, 1.165) is 17.8 Å². The fourth-order valence-electron chi connectivity index (χ4n) is 2.27. The molecule has 0 saturated heterocycles. The zero-order valence-electron chi connectivity index (χ0n) is 13.7. The van der Waals surface area contributed by atoms with Crippen LogP contribution in [-0.4, -0.2) is 24.6 Å². The van der Waals surface area contributed by atoms with E-state index in [9.17, 15) is 21.6 Å². The number of alkyl halides is 3. The molecular weight excluding hydrogens is 383 g/mol. The summed E-state index contributed by atoms with van der Waals surface area (Å²) in [6.07, 6.45) is -3.23. The number of aromatic nitrogens is 2. The summed E-state index contributed by atoms with van der Waals surface area (Å²) in [7, 11) is -4.04. The second-order valence-electron chi connectivity index (χ2n) is 5.43.